The summed E-state index contributed by atoms with van der Waals surface area (Å²) in [6.07, 6.45) is 1.18. The van der Waals surface area contributed by atoms with Crippen LogP contribution in [-0.2, 0) is 0 Å². The Morgan fingerprint density at radius 1 is 0.893 bits per heavy atom. The van der Waals surface area contributed by atoms with Crippen molar-refractivity contribution < 1.29 is 14.4 Å². The molecule has 3 aromatic rings. The molecule has 7 nitrogen and oxygen atoms in total. The number of aryl methyl sites for hydroxylation is 2. The molecule has 0 fully saturated rings. The number of benzene rings is 2. The Balaban J connectivity index is 1.92. The number of hydrogen-bond acceptors (Lipinski definition) is 6. The van der Waals surface area contributed by atoms with Crippen LogP contribution in [0.25, 0.3) is 0 Å². The van der Waals surface area contributed by atoms with Crippen LogP contribution in [0.1, 0.15) is 36.5 Å². The zero-order valence-electron chi connectivity index (χ0n) is 16.2. The maximum absolute atomic E-state index is 11.7. The summed E-state index contributed by atoms with van der Waals surface area (Å²) >= 11 is 0. The first kappa shape index (κ1) is 19.3. The molecule has 7 heteroatoms. The molecule has 0 radical (unpaired) electrons. The van der Waals surface area contributed by atoms with E-state index >= 15 is 0 Å². The minimum absolute atomic E-state index is 0.169. The lowest BCUT2D eigenvalue weighted by Gasteiger charge is -2.10. The largest absolute Gasteiger partial charge is 0.433 e. The minimum Gasteiger partial charge on any atom is -0.433 e. The molecule has 0 atom stereocenters. The van der Waals surface area contributed by atoms with Gasteiger partial charge in [0.2, 0.25) is 0 Å². The van der Waals surface area contributed by atoms with Gasteiger partial charge in [-0.25, -0.2) is 0 Å². The van der Waals surface area contributed by atoms with Crippen molar-refractivity contribution in [1.29, 1.82) is 0 Å². The zero-order chi connectivity index (χ0) is 20.3. The van der Waals surface area contributed by atoms with E-state index in [1.807, 2.05) is 32.0 Å². The molecule has 0 saturated carbocycles. The van der Waals surface area contributed by atoms with Crippen LogP contribution in [0, 0.1) is 24.0 Å². The van der Waals surface area contributed by atoms with Crippen molar-refractivity contribution >= 4 is 5.69 Å². The van der Waals surface area contributed by atoms with Gasteiger partial charge in [-0.2, -0.15) is 9.97 Å². The molecule has 144 valence electrons. The van der Waals surface area contributed by atoms with Crippen molar-refractivity contribution in [2.24, 2.45) is 0 Å². The fraction of sp³-hybridized carbons (Fsp3) is 0.238. The summed E-state index contributed by atoms with van der Waals surface area (Å²) in [5.74, 6) is 0.939. The highest BCUT2D eigenvalue weighted by molar-refractivity contribution is 5.52. The maximum Gasteiger partial charge on any atom is 0.393 e. The molecular formula is C21H21N3O4. The van der Waals surface area contributed by atoms with E-state index in [2.05, 4.69) is 23.8 Å². The molecule has 0 amide bonds. The van der Waals surface area contributed by atoms with Crippen molar-refractivity contribution in [2.45, 2.75) is 33.6 Å². The number of ether oxygens (including phenoxy) is 2. The molecule has 2 aromatic carbocycles. The lowest BCUT2D eigenvalue weighted by molar-refractivity contribution is -0.387. The first-order valence-corrected chi connectivity index (χ1v) is 8.87. The van der Waals surface area contributed by atoms with Gasteiger partial charge in [-0.3, -0.25) is 10.1 Å². The van der Waals surface area contributed by atoms with Gasteiger partial charge in [-0.1, -0.05) is 32.0 Å². The Morgan fingerprint density at radius 2 is 1.46 bits per heavy atom. The van der Waals surface area contributed by atoms with E-state index in [-0.39, 0.29) is 11.8 Å². The third kappa shape index (κ3) is 4.25. The molecule has 0 bridgehead atoms. The van der Waals surface area contributed by atoms with E-state index in [0.29, 0.717) is 17.4 Å². The number of aromatic nitrogens is 2. The molecule has 0 aliphatic rings. The van der Waals surface area contributed by atoms with E-state index in [4.69, 9.17) is 9.47 Å². The first-order chi connectivity index (χ1) is 13.3. The number of rotatable bonds is 6. The second-order valence-electron chi connectivity index (χ2n) is 6.76. The summed E-state index contributed by atoms with van der Waals surface area (Å²) in [5.41, 5.74) is 2.83. The smallest absolute Gasteiger partial charge is 0.393 e. The van der Waals surface area contributed by atoms with E-state index in [9.17, 15) is 10.1 Å². The monoisotopic (exact) mass is 379 g/mol. The van der Waals surface area contributed by atoms with Crippen LogP contribution < -0.4 is 9.47 Å². The predicted octanol–water partition coefficient (Wildman–Crippen LogP) is 5.71. The molecule has 0 saturated heterocycles. The van der Waals surface area contributed by atoms with Gasteiger partial charge < -0.3 is 9.47 Å². The number of nitro groups is 1. The highest BCUT2D eigenvalue weighted by Gasteiger charge is 2.27. The highest BCUT2D eigenvalue weighted by atomic mass is 16.6. The van der Waals surface area contributed by atoms with Gasteiger partial charge in [0, 0.05) is 0 Å². The molecule has 28 heavy (non-hydrogen) atoms. The summed E-state index contributed by atoms with van der Waals surface area (Å²) in [7, 11) is 0. The fourth-order valence-corrected chi connectivity index (χ4v) is 2.57. The van der Waals surface area contributed by atoms with Crippen LogP contribution in [0.5, 0.6) is 23.3 Å². The van der Waals surface area contributed by atoms with Crippen LogP contribution in [-0.4, -0.2) is 14.9 Å². The second kappa shape index (κ2) is 8.04. The van der Waals surface area contributed by atoms with Crippen LogP contribution >= 0.6 is 0 Å². The lowest BCUT2D eigenvalue weighted by atomic mass is 10.0. The molecule has 0 aliphatic heterocycles. The van der Waals surface area contributed by atoms with Gasteiger partial charge in [0.05, 0.1) is 4.92 Å². The Labute approximate surface area is 163 Å². The molecular weight excluding hydrogens is 358 g/mol. The Morgan fingerprint density at radius 3 is 2.00 bits per heavy atom. The molecule has 3 rings (SSSR count). The molecule has 0 unspecified atom stereocenters. The van der Waals surface area contributed by atoms with E-state index < -0.39 is 10.6 Å². The minimum atomic E-state index is -0.603. The summed E-state index contributed by atoms with van der Waals surface area (Å²) in [4.78, 5) is 18.9. The van der Waals surface area contributed by atoms with Crippen LogP contribution in [0.3, 0.4) is 0 Å². The number of hydrogen-bond donors (Lipinski definition) is 0. The van der Waals surface area contributed by atoms with Gasteiger partial charge >= 0.3 is 17.4 Å². The Bertz CT molecular complexity index is 1000. The molecule has 1 aromatic heterocycles. The normalized spacial score (nSPS) is 10.8. The molecule has 0 aliphatic carbocycles. The highest BCUT2D eigenvalue weighted by Crippen LogP contribution is 2.38. The van der Waals surface area contributed by atoms with Crippen molar-refractivity contribution in [1.82, 2.24) is 9.97 Å². The molecule has 0 N–H and O–H groups in total. The average molecular weight is 379 g/mol. The average Bonchev–Trinajstić information content (AvgIpc) is 2.65. The summed E-state index contributed by atoms with van der Waals surface area (Å²) in [6.45, 7) is 8.08. The van der Waals surface area contributed by atoms with Gasteiger partial charge in [0.15, 0.2) is 0 Å². The lowest BCUT2D eigenvalue weighted by Crippen LogP contribution is -2.01. The topological polar surface area (TPSA) is 87.4 Å². The standard InChI is InChI=1S/C21H21N3O4/c1-13(2)16-6-9-17(10-7-16)27-20-19(24(25)26)21(23-12-22-20)28-18-8-5-14(3)15(4)11-18/h5-13H,1-4H3. The van der Waals surface area contributed by atoms with Gasteiger partial charge in [-0.05, 0) is 60.7 Å². The van der Waals surface area contributed by atoms with Gasteiger partial charge in [0.1, 0.15) is 17.8 Å². The maximum atomic E-state index is 11.7. The third-order valence-corrected chi connectivity index (χ3v) is 4.39. The van der Waals surface area contributed by atoms with E-state index in [1.165, 1.54) is 6.33 Å². The van der Waals surface area contributed by atoms with Crippen LogP contribution in [0.15, 0.2) is 48.8 Å². The quantitative estimate of drug-likeness (QED) is 0.403. The van der Waals surface area contributed by atoms with Crippen LogP contribution in [0.4, 0.5) is 5.69 Å². The van der Waals surface area contributed by atoms with Crippen molar-refractivity contribution in [3.63, 3.8) is 0 Å². The predicted molar refractivity (Wildman–Crippen MR) is 105 cm³/mol. The molecule has 1 heterocycles. The van der Waals surface area contributed by atoms with Gasteiger partial charge in [-0.15, -0.1) is 0 Å². The fourth-order valence-electron chi connectivity index (χ4n) is 2.57. The number of nitrogens with zero attached hydrogens (tertiary/aromatic N) is 3. The van der Waals surface area contributed by atoms with E-state index in [0.717, 1.165) is 16.7 Å². The van der Waals surface area contributed by atoms with Crippen molar-refractivity contribution in [3.05, 3.63) is 75.6 Å². The van der Waals surface area contributed by atoms with Crippen molar-refractivity contribution in [3.8, 4) is 23.3 Å². The first-order valence-electron chi connectivity index (χ1n) is 8.87. The van der Waals surface area contributed by atoms with E-state index in [1.54, 1.807) is 24.3 Å². The third-order valence-electron chi connectivity index (χ3n) is 4.39. The van der Waals surface area contributed by atoms with Crippen LogP contribution in [0.2, 0.25) is 0 Å². The Kier molecular flexibility index (Phi) is 5.54. The SMILES string of the molecule is Cc1ccc(Oc2ncnc(Oc3ccc(C(C)C)cc3)c2[N+](=O)[O-])cc1C. The summed E-state index contributed by atoms with van der Waals surface area (Å²) < 4.78 is 11.3. The summed E-state index contributed by atoms with van der Waals surface area (Å²) in [6, 6.07) is 12.8. The van der Waals surface area contributed by atoms with Gasteiger partial charge in [0.25, 0.3) is 0 Å². The summed E-state index contributed by atoms with van der Waals surface area (Å²) in [5, 5.41) is 11.7. The second-order valence-corrected chi connectivity index (χ2v) is 6.76. The van der Waals surface area contributed by atoms with Crippen molar-refractivity contribution in [2.75, 3.05) is 0 Å². The zero-order valence-corrected chi connectivity index (χ0v) is 16.2. The molecule has 0 spiro atoms. The Hall–Kier alpha value is -3.48.